The van der Waals surface area contributed by atoms with Gasteiger partial charge in [-0.1, -0.05) is 0 Å². The van der Waals surface area contributed by atoms with E-state index in [0.717, 1.165) is 9.47 Å². The molecule has 0 saturated carbocycles. The van der Waals surface area contributed by atoms with Gasteiger partial charge in [-0.2, -0.15) is 0 Å². The van der Waals surface area contributed by atoms with Gasteiger partial charge in [0.2, 0.25) is 11.8 Å². The Bertz CT molecular complexity index is 995. The van der Waals surface area contributed by atoms with Gasteiger partial charge in [0.25, 0.3) is 5.91 Å². The van der Waals surface area contributed by atoms with Crippen LogP contribution in [0.25, 0.3) is 0 Å². The molecule has 2 aromatic heterocycles. The molecule has 1 N–H and O–H groups in total. The van der Waals surface area contributed by atoms with Crippen molar-refractivity contribution in [3.63, 3.8) is 0 Å². The summed E-state index contributed by atoms with van der Waals surface area (Å²) >= 11 is 4.70. The van der Waals surface area contributed by atoms with Crippen LogP contribution in [0.3, 0.4) is 0 Å². The van der Waals surface area contributed by atoms with Crippen molar-refractivity contribution in [2.75, 3.05) is 36.1 Å². The van der Waals surface area contributed by atoms with Gasteiger partial charge < -0.3 is 15.0 Å². The summed E-state index contributed by atoms with van der Waals surface area (Å²) < 4.78 is 6.26. The highest BCUT2D eigenvalue weighted by Crippen LogP contribution is 2.27. The fourth-order valence-electron chi connectivity index (χ4n) is 3.63. The highest BCUT2D eigenvalue weighted by molar-refractivity contribution is 9.11. The zero-order chi connectivity index (χ0) is 21.3. The van der Waals surface area contributed by atoms with E-state index in [9.17, 15) is 14.4 Å². The summed E-state index contributed by atoms with van der Waals surface area (Å²) in [5.74, 6) is 0.249. The van der Waals surface area contributed by atoms with Crippen LogP contribution in [0.1, 0.15) is 28.2 Å². The van der Waals surface area contributed by atoms with Crippen molar-refractivity contribution < 1.29 is 19.1 Å². The first-order valence-corrected chi connectivity index (χ1v) is 11.3. The topological polar surface area (TPSA) is 91.8 Å². The van der Waals surface area contributed by atoms with Crippen LogP contribution in [0.4, 0.5) is 11.5 Å². The van der Waals surface area contributed by atoms with E-state index in [1.807, 2.05) is 19.1 Å². The van der Waals surface area contributed by atoms with E-state index in [2.05, 4.69) is 26.2 Å². The Balaban J connectivity index is 1.46. The third-order valence-electron chi connectivity index (χ3n) is 5.09. The number of aryl methyl sites for hydroxylation is 1. The number of halogens is 1. The molecule has 0 bridgehead atoms. The van der Waals surface area contributed by atoms with E-state index < -0.39 is 0 Å². The Hall–Kier alpha value is -2.30. The lowest BCUT2D eigenvalue weighted by molar-refractivity contribution is -0.119. The Morgan fingerprint density at radius 3 is 2.77 bits per heavy atom. The fraction of sp³-hybridized carbons (Fsp3) is 0.400. The highest BCUT2D eigenvalue weighted by Gasteiger charge is 2.33. The van der Waals surface area contributed by atoms with Crippen LogP contribution >= 0.6 is 27.3 Å². The minimum atomic E-state index is -0.281. The van der Waals surface area contributed by atoms with Gasteiger partial charge in [-0.25, -0.2) is 4.98 Å². The van der Waals surface area contributed by atoms with Crippen LogP contribution in [0.2, 0.25) is 0 Å². The number of anilines is 2. The summed E-state index contributed by atoms with van der Waals surface area (Å²) in [6.07, 6.45) is 0.566. The summed E-state index contributed by atoms with van der Waals surface area (Å²) in [6.45, 7) is 3.58. The Labute approximate surface area is 186 Å². The average molecular weight is 493 g/mol. The zero-order valence-corrected chi connectivity index (χ0v) is 18.8. The lowest BCUT2D eigenvalue weighted by atomic mass is 10.2. The maximum absolute atomic E-state index is 12.6. The molecular formula is C20H21BrN4O4S. The standard InChI is InChI=1S/C20H21BrN4O4S/c1-12-14(24-7-9-29-8-6-18(24)26)2-5-17(22-12)25-11-13(10-19(25)27)23-20(28)15-3-4-16(21)30-15/h2-5,13H,6-11H2,1H3,(H,23,28)/t13-/m1/s1. The molecule has 1 atom stereocenters. The van der Waals surface area contributed by atoms with Gasteiger partial charge in [0.1, 0.15) is 5.82 Å². The van der Waals surface area contributed by atoms with Gasteiger partial charge in [-0.3, -0.25) is 19.3 Å². The van der Waals surface area contributed by atoms with Crippen molar-refractivity contribution in [3.05, 3.63) is 38.6 Å². The van der Waals surface area contributed by atoms with E-state index in [1.54, 1.807) is 21.9 Å². The number of amides is 3. The SMILES string of the molecule is Cc1nc(N2C[C@H](NC(=O)c3ccc(Br)s3)CC2=O)ccc1N1CCOCCC1=O. The molecule has 8 nitrogen and oxygen atoms in total. The quantitative estimate of drug-likeness (QED) is 0.707. The number of carbonyl (C=O) groups excluding carboxylic acids is 3. The van der Waals surface area contributed by atoms with Crippen molar-refractivity contribution in [1.82, 2.24) is 10.3 Å². The summed E-state index contributed by atoms with van der Waals surface area (Å²) in [5.41, 5.74) is 1.40. The summed E-state index contributed by atoms with van der Waals surface area (Å²) in [4.78, 5) is 45.7. The molecule has 0 radical (unpaired) electrons. The second-order valence-electron chi connectivity index (χ2n) is 7.16. The van der Waals surface area contributed by atoms with Gasteiger partial charge in [0.15, 0.2) is 0 Å². The van der Waals surface area contributed by atoms with Crippen molar-refractivity contribution in [3.8, 4) is 0 Å². The van der Waals surface area contributed by atoms with Crippen LogP contribution in [0.5, 0.6) is 0 Å². The van der Waals surface area contributed by atoms with Gasteiger partial charge in [0.05, 0.1) is 45.7 Å². The lowest BCUT2D eigenvalue weighted by Crippen LogP contribution is -2.37. The van der Waals surface area contributed by atoms with E-state index in [4.69, 9.17) is 4.74 Å². The molecule has 30 heavy (non-hydrogen) atoms. The molecule has 2 aromatic rings. The van der Waals surface area contributed by atoms with Crippen LogP contribution < -0.4 is 15.1 Å². The number of hydrogen-bond donors (Lipinski definition) is 1. The number of hydrogen-bond acceptors (Lipinski definition) is 6. The van der Waals surface area contributed by atoms with Gasteiger partial charge in [0, 0.05) is 19.5 Å². The number of thiophene rings is 1. The fourth-order valence-corrected chi connectivity index (χ4v) is 4.92. The van der Waals surface area contributed by atoms with E-state index in [1.165, 1.54) is 11.3 Å². The number of aromatic nitrogens is 1. The smallest absolute Gasteiger partial charge is 0.261 e. The van der Waals surface area contributed by atoms with E-state index in [-0.39, 0.29) is 30.2 Å². The van der Waals surface area contributed by atoms with Gasteiger partial charge in [-0.05, 0) is 47.1 Å². The molecule has 2 saturated heterocycles. The van der Waals surface area contributed by atoms with Gasteiger partial charge in [-0.15, -0.1) is 11.3 Å². The molecule has 0 aliphatic carbocycles. The van der Waals surface area contributed by atoms with Crippen LogP contribution in [0, 0.1) is 6.92 Å². The predicted molar refractivity (Wildman–Crippen MR) is 117 cm³/mol. The summed E-state index contributed by atoms with van der Waals surface area (Å²) in [5, 5.41) is 2.92. The predicted octanol–water partition coefficient (Wildman–Crippen LogP) is 2.50. The summed E-state index contributed by atoms with van der Waals surface area (Å²) in [7, 11) is 0. The first-order valence-electron chi connectivity index (χ1n) is 9.64. The molecule has 2 aliphatic heterocycles. The number of rotatable bonds is 4. The minimum absolute atomic E-state index is 0.00499. The maximum Gasteiger partial charge on any atom is 0.261 e. The molecule has 0 aromatic carbocycles. The van der Waals surface area contributed by atoms with Crippen molar-refractivity contribution >= 4 is 56.5 Å². The summed E-state index contributed by atoms with van der Waals surface area (Å²) in [6, 6.07) is 6.86. The molecule has 3 amide bonds. The minimum Gasteiger partial charge on any atom is -0.379 e. The third-order valence-corrected chi connectivity index (χ3v) is 6.71. The van der Waals surface area contributed by atoms with Crippen LogP contribution in [-0.2, 0) is 14.3 Å². The molecule has 4 rings (SSSR count). The Kier molecular flexibility index (Phi) is 6.16. The number of ether oxygens (including phenoxy) is 1. The molecule has 158 valence electrons. The number of nitrogens with zero attached hydrogens (tertiary/aromatic N) is 3. The molecule has 10 heteroatoms. The zero-order valence-electron chi connectivity index (χ0n) is 16.4. The van der Waals surface area contributed by atoms with Crippen LogP contribution in [0.15, 0.2) is 28.1 Å². The van der Waals surface area contributed by atoms with Crippen LogP contribution in [-0.4, -0.2) is 55.1 Å². The molecule has 2 fully saturated rings. The highest BCUT2D eigenvalue weighted by atomic mass is 79.9. The second-order valence-corrected chi connectivity index (χ2v) is 9.63. The monoisotopic (exact) mass is 492 g/mol. The van der Waals surface area contributed by atoms with Gasteiger partial charge >= 0.3 is 0 Å². The molecule has 4 heterocycles. The second kappa shape index (κ2) is 8.83. The first kappa shape index (κ1) is 21.0. The number of pyridine rings is 1. The normalized spacial score (nSPS) is 19.9. The molecular weight excluding hydrogens is 472 g/mol. The molecule has 0 spiro atoms. The molecule has 2 aliphatic rings. The first-order chi connectivity index (χ1) is 14.4. The maximum atomic E-state index is 12.6. The van der Waals surface area contributed by atoms with Crippen molar-refractivity contribution in [1.29, 1.82) is 0 Å². The van der Waals surface area contributed by atoms with Crippen molar-refractivity contribution in [2.24, 2.45) is 0 Å². The van der Waals surface area contributed by atoms with E-state index >= 15 is 0 Å². The van der Waals surface area contributed by atoms with E-state index in [0.29, 0.717) is 49.1 Å². The molecule has 0 unspecified atom stereocenters. The average Bonchev–Trinajstić information content (AvgIpc) is 3.23. The Morgan fingerprint density at radius 2 is 2.03 bits per heavy atom. The largest absolute Gasteiger partial charge is 0.379 e. The lowest BCUT2D eigenvalue weighted by Gasteiger charge is -2.23. The number of nitrogens with one attached hydrogen (secondary N) is 1. The Morgan fingerprint density at radius 1 is 1.20 bits per heavy atom. The third kappa shape index (κ3) is 4.40. The van der Waals surface area contributed by atoms with Crippen molar-refractivity contribution in [2.45, 2.75) is 25.8 Å². The number of carbonyl (C=O) groups is 3.